The van der Waals surface area contributed by atoms with E-state index in [1.165, 1.54) is 0 Å². The highest BCUT2D eigenvalue weighted by molar-refractivity contribution is 4.34. The van der Waals surface area contributed by atoms with E-state index in [4.69, 9.17) is 0 Å². The van der Waals surface area contributed by atoms with Crippen LogP contribution in [-0.4, -0.2) is 20.1 Å². The SMILES string of the molecule is CNC(C)OC[O]. The third-order valence-corrected chi connectivity index (χ3v) is 0.725. The zero-order valence-corrected chi connectivity index (χ0v) is 4.60. The number of nitrogens with one attached hydrogen (secondary N) is 1. The van der Waals surface area contributed by atoms with Gasteiger partial charge in [0.05, 0.1) is 0 Å². The zero-order valence-electron chi connectivity index (χ0n) is 4.60. The van der Waals surface area contributed by atoms with Gasteiger partial charge in [-0.1, -0.05) is 0 Å². The van der Waals surface area contributed by atoms with Gasteiger partial charge in [0.15, 0.2) is 6.79 Å². The van der Waals surface area contributed by atoms with Crippen LogP contribution in [-0.2, 0) is 9.84 Å². The van der Waals surface area contributed by atoms with Crippen molar-refractivity contribution in [2.45, 2.75) is 13.2 Å². The third-order valence-electron chi connectivity index (χ3n) is 0.725. The Balaban J connectivity index is 2.83. The summed E-state index contributed by atoms with van der Waals surface area (Å²) in [5.74, 6) is 0. The first kappa shape index (κ1) is 6.88. The summed E-state index contributed by atoms with van der Waals surface area (Å²) in [5, 5.41) is 12.4. The topological polar surface area (TPSA) is 41.2 Å². The molecule has 0 bridgehead atoms. The van der Waals surface area contributed by atoms with Crippen LogP contribution in [0.25, 0.3) is 0 Å². The molecule has 0 fully saturated rings. The second-order valence-corrected chi connectivity index (χ2v) is 1.22. The molecule has 0 aromatic rings. The third kappa shape index (κ3) is 3.72. The number of rotatable bonds is 3. The van der Waals surface area contributed by atoms with Crippen molar-refractivity contribution in [3.8, 4) is 0 Å². The van der Waals surface area contributed by atoms with E-state index < -0.39 is 6.79 Å². The average molecular weight is 104 g/mol. The smallest absolute Gasteiger partial charge is 0.182 e. The first-order valence-electron chi connectivity index (χ1n) is 2.18. The van der Waals surface area contributed by atoms with Crippen molar-refractivity contribution in [2.75, 3.05) is 13.8 Å². The van der Waals surface area contributed by atoms with Gasteiger partial charge in [-0.3, -0.25) is 5.32 Å². The van der Waals surface area contributed by atoms with Crippen molar-refractivity contribution < 1.29 is 9.84 Å². The standard InChI is InChI=1S/C4H10NO2/c1-4(5-2)7-3-6/h4-5H,3H2,1-2H3. The van der Waals surface area contributed by atoms with E-state index in [1.54, 1.807) is 14.0 Å². The van der Waals surface area contributed by atoms with Gasteiger partial charge in [-0.15, -0.1) is 0 Å². The minimum absolute atomic E-state index is 0.113. The minimum Gasteiger partial charge on any atom is -0.334 e. The number of hydrogen-bond donors (Lipinski definition) is 1. The van der Waals surface area contributed by atoms with Gasteiger partial charge in [0, 0.05) is 0 Å². The fourth-order valence-corrected chi connectivity index (χ4v) is 0.185. The average Bonchev–Trinajstić information content (AvgIpc) is 1.68. The Kier molecular flexibility index (Phi) is 3.98. The van der Waals surface area contributed by atoms with E-state index >= 15 is 0 Å². The maximum absolute atomic E-state index is 9.64. The summed E-state index contributed by atoms with van der Waals surface area (Å²) < 4.78 is 4.52. The van der Waals surface area contributed by atoms with Gasteiger partial charge >= 0.3 is 0 Å². The van der Waals surface area contributed by atoms with Gasteiger partial charge in [0.1, 0.15) is 6.23 Å². The molecule has 7 heavy (non-hydrogen) atoms. The highest BCUT2D eigenvalue weighted by Crippen LogP contribution is 1.78. The summed E-state index contributed by atoms with van der Waals surface area (Å²) in [5.41, 5.74) is 0. The van der Waals surface area contributed by atoms with Gasteiger partial charge in [-0.25, -0.2) is 5.11 Å². The van der Waals surface area contributed by atoms with Crippen molar-refractivity contribution in [3.05, 3.63) is 0 Å². The lowest BCUT2D eigenvalue weighted by Gasteiger charge is -2.05. The van der Waals surface area contributed by atoms with E-state index in [1.807, 2.05) is 0 Å². The van der Waals surface area contributed by atoms with Crippen molar-refractivity contribution in [1.82, 2.24) is 5.32 Å². The Morgan fingerprint density at radius 3 is 2.57 bits per heavy atom. The quantitative estimate of drug-likeness (QED) is 0.510. The lowest BCUT2D eigenvalue weighted by molar-refractivity contribution is -0.0854. The molecule has 0 saturated heterocycles. The second-order valence-electron chi connectivity index (χ2n) is 1.22. The van der Waals surface area contributed by atoms with Crippen LogP contribution in [0.5, 0.6) is 0 Å². The zero-order chi connectivity index (χ0) is 5.70. The molecule has 0 rings (SSSR count). The molecule has 0 aromatic carbocycles. The van der Waals surface area contributed by atoms with Crippen LogP contribution in [0.1, 0.15) is 6.92 Å². The van der Waals surface area contributed by atoms with Crippen molar-refractivity contribution in [3.63, 3.8) is 0 Å². The summed E-state index contributed by atoms with van der Waals surface area (Å²) in [6.45, 7) is 1.31. The number of hydrogen-bond acceptors (Lipinski definition) is 2. The first-order chi connectivity index (χ1) is 3.31. The Bertz CT molecular complexity index is 40.7. The monoisotopic (exact) mass is 104 g/mol. The van der Waals surface area contributed by atoms with E-state index in [-0.39, 0.29) is 6.23 Å². The van der Waals surface area contributed by atoms with Gasteiger partial charge < -0.3 is 4.74 Å². The van der Waals surface area contributed by atoms with Gasteiger partial charge in [-0.05, 0) is 14.0 Å². The summed E-state index contributed by atoms with van der Waals surface area (Å²) in [6, 6.07) is 0. The van der Waals surface area contributed by atoms with Crippen LogP contribution in [0.2, 0.25) is 0 Å². The van der Waals surface area contributed by atoms with Crippen molar-refractivity contribution in [1.29, 1.82) is 0 Å². The van der Waals surface area contributed by atoms with Crippen LogP contribution in [0.15, 0.2) is 0 Å². The molecule has 0 aliphatic carbocycles. The van der Waals surface area contributed by atoms with Crippen molar-refractivity contribution >= 4 is 0 Å². The maximum atomic E-state index is 9.64. The molecular weight excluding hydrogens is 94.0 g/mol. The summed E-state index contributed by atoms with van der Waals surface area (Å²) in [7, 11) is 1.74. The highest BCUT2D eigenvalue weighted by atomic mass is 16.6. The normalized spacial score (nSPS) is 14.1. The highest BCUT2D eigenvalue weighted by Gasteiger charge is 1.91. The molecule has 1 N–H and O–H groups in total. The maximum Gasteiger partial charge on any atom is 0.182 e. The molecule has 0 aromatic heterocycles. The molecule has 0 heterocycles. The van der Waals surface area contributed by atoms with Crippen LogP contribution in [0, 0.1) is 0 Å². The van der Waals surface area contributed by atoms with Crippen molar-refractivity contribution in [2.24, 2.45) is 0 Å². The van der Waals surface area contributed by atoms with E-state index in [9.17, 15) is 5.11 Å². The lowest BCUT2D eigenvalue weighted by atomic mass is 10.7. The van der Waals surface area contributed by atoms with Crippen LogP contribution in [0.4, 0.5) is 0 Å². The predicted octanol–water partition coefficient (Wildman–Crippen LogP) is -0.0436. The van der Waals surface area contributed by atoms with Gasteiger partial charge in [0.25, 0.3) is 0 Å². The Hall–Kier alpha value is -0.120. The molecule has 0 spiro atoms. The van der Waals surface area contributed by atoms with Gasteiger partial charge in [-0.2, -0.15) is 0 Å². The molecule has 43 valence electrons. The Morgan fingerprint density at radius 1 is 1.86 bits per heavy atom. The molecule has 0 saturated carbocycles. The second kappa shape index (κ2) is 4.05. The van der Waals surface area contributed by atoms with E-state index in [2.05, 4.69) is 10.1 Å². The molecule has 0 amide bonds. The minimum atomic E-state index is -0.470. The molecule has 0 aliphatic heterocycles. The molecule has 0 aliphatic rings. The summed E-state index contributed by atoms with van der Waals surface area (Å²) in [4.78, 5) is 0. The predicted molar refractivity (Wildman–Crippen MR) is 25.2 cm³/mol. The fourth-order valence-electron chi connectivity index (χ4n) is 0.185. The Morgan fingerprint density at radius 2 is 2.43 bits per heavy atom. The van der Waals surface area contributed by atoms with Crippen LogP contribution < -0.4 is 5.32 Å². The van der Waals surface area contributed by atoms with Crippen LogP contribution in [0.3, 0.4) is 0 Å². The molecule has 1 unspecified atom stereocenters. The van der Waals surface area contributed by atoms with Crippen LogP contribution >= 0.6 is 0 Å². The first-order valence-corrected chi connectivity index (χ1v) is 2.18. The summed E-state index contributed by atoms with van der Waals surface area (Å²) in [6.07, 6.45) is -0.113. The largest absolute Gasteiger partial charge is 0.334 e. The summed E-state index contributed by atoms with van der Waals surface area (Å²) >= 11 is 0. The lowest BCUT2D eigenvalue weighted by Crippen LogP contribution is -2.24. The Labute approximate surface area is 43.3 Å². The molecule has 1 atom stereocenters. The molecular formula is C4H10NO2. The van der Waals surface area contributed by atoms with E-state index in [0.29, 0.717) is 0 Å². The van der Waals surface area contributed by atoms with Gasteiger partial charge in [0.2, 0.25) is 0 Å². The fraction of sp³-hybridized carbons (Fsp3) is 1.00. The molecule has 3 nitrogen and oxygen atoms in total. The molecule has 3 heteroatoms. The molecule has 1 radical (unpaired) electrons. The number of ether oxygens (including phenoxy) is 1. The van der Waals surface area contributed by atoms with E-state index in [0.717, 1.165) is 0 Å².